The van der Waals surface area contributed by atoms with Crippen LogP contribution in [0.4, 0.5) is 13.2 Å². The normalized spacial score (nSPS) is 19.2. The largest absolute Gasteiger partial charge is 0.497 e. The van der Waals surface area contributed by atoms with Gasteiger partial charge in [-0.1, -0.05) is 6.58 Å². The van der Waals surface area contributed by atoms with Crippen LogP contribution in [0.2, 0.25) is 0 Å². The third kappa shape index (κ3) is 4.55. The summed E-state index contributed by atoms with van der Waals surface area (Å²) >= 11 is 0. The lowest BCUT2D eigenvalue weighted by Gasteiger charge is -2.47. The lowest BCUT2D eigenvalue weighted by atomic mass is 9.89. The van der Waals surface area contributed by atoms with E-state index in [4.69, 9.17) is 9.47 Å². The first-order valence-electron chi connectivity index (χ1n) is 9.28. The Hall–Kier alpha value is -2.55. The molecule has 3 rings (SSSR count). The Kier molecular flexibility index (Phi) is 5.88. The van der Waals surface area contributed by atoms with Crippen molar-refractivity contribution in [2.75, 3.05) is 39.9 Å². The molecule has 0 bridgehead atoms. The molecule has 0 N–H and O–H groups in total. The zero-order valence-electron chi connectivity index (χ0n) is 16.1. The van der Waals surface area contributed by atoms with Crippen molar-refractivity contribution >= 4 is 11.8 Å². The van der Waals surface area contributed by atoms with Crippen LogP contribution in [-0.4, -0.2) is 67.1 Å². The van der Waals surface area contributed by atoms with Crippen molar-refractivity contribution < 1.29 is 32.2 Å². The van der Waals surface area contributed by atoms with E-state index in [0.29, 0.717) is 25.9 Å². The van der Waals surface area contributed by atoms with Crippen molar-refractivity contribution in [3.05, 3.63) is 42.0 Å². The van der Waals surface area contributed by atoms with Gasteiger partial charge in [0.2, 0.25) is 5.91 Å². The molecule has 2 saturated heterocycles. The molecule has 2 aliphatic rings. The number of benzene rings is 1. The van der Waals surface area contributed by atoms with E-state index in [1.54, 1.807) is 4.90 Å². The Morgan fingerprint density at radius 1 is 1.17 bits per heavy atom. The summed E-state index contributed by atoms with van der Waals surface area (Å²) in [5.41, 5.74) is -1.61. The fraction of sp³-hybridized carbons (Fsp3) is 0.500. The minimum absolute atomic E-state index is 0.0256. The highest BCUT2D eigenvalue weighted by Gasteiger charge is 2.42. The molecule has 0 atom stereocenters. The molecule has 9 heteroatoms. The highest BCUT2D eigenvalue weighted by molar-refractivity contribution is 5.95. The number of hydrogen-bond acceptors (Lipinski definition) is 4. The van der Waals surface area contributed by atoms with Crippen molar-refractivity contribution in [2.24, 2.45) is 0 Å². The van der Waals surface area contributed by atoms with Gasteiger partial charge in [0.1, 0.15) is 5.75 Å². The van der Waals surface area contributed by atoms with E-state index in [-0.39, 0.29) is 36.9 Å². The van der Waals surface area contributed by atoms with E-state index in [1.165, 1.54) is 24.2 Å². The van der Waals surface area contributed by atoms with E-state index < -0.39 is 23.2 Å². The zero-order valence-corrected chi connectivity index (χ0v) is 16.1. The van der Waals surface area contributed by atoms with Gasteiger partial charge in [-0.05, 0) is 37.1 Å². The third-order valence-electron chi connectivity index (χ3n) is 5.41. The fourth-order valence-electron chi connectivity index (χ4n) is 3.77. The lowest BCUT2D eigenvalue weighted by Crippen LogP contribution is -2.58. The third-order valence-corrected chi connectivity index (χ3v) is 5.41. The highest BCUT2D eigenvalue weighted by atomic mass is 19.4. The molecule has 29 heavy (non-hydrogen) atoms. The molecule has 1 spiro atoms. The van der Waals surface area contributed by atoms with Gasteiger partial charge < -0.3 is 19.3 Å². The first-order chi connectivity index (χ1) is 13.7. The summed E-state index contributed by atoms with van der Waals surface area (Å²) in [5.74, 6) is -0.677. The topological polar surface area (TPSA) is 59.1 Å². The van der Waals surface area contributed by atoms with Crippen LogP contribution in [0, 0.1) is 0 Å². The van der Waals surface area contributed by atoms with Gasteiger partial charge >= 0.3 is 6.18 Å². The Morgan fingerprint density at radius 3 is 2.45 bits per heavy atom. The number of rotatable bonds is 3. The standard InChI is InChI=1S/C20H23F3N2O4/c1-3-17(26)24-6-4-19(5-7-24)13-25(8-9-29-19)18(27)14-10-15(20(21,22)23)12-16(11-14)28-2/h3,10-12H,1,4-9,13H2,2H3. The highest BCUT2D eigenvalue weighted by Crippen LogP contribution is 2.34. The summed E-state index contributed by atoms with van der Waals surface area (Å²) in [6.45, 7) is 5.27. The summed E-state index contributed by atoms with van der Waals surface area (Å²) < 4.78 is 50.4. The van der Waals surface area contributed by atoms with Crippen molar-refractivity contribution in [1.29, 1.82) is 0 Å². The minimum atomic E-state index is -4.58. The molecule has 1 aromatic carbocycles. The molecule has 2 heterocycles. The maximum absolute atomic E-state index is 13.2. The molecular weight excluding hydrogens is 389 g/mol. The molecule has 0 aromatic heterocycles. The monoisotopic (exact) mass is 412 g/mol. The number of morpholine rings is 1. The Morgan fingerprint density at radius 2 is 1.86 bits per heavy atom. The van der Waals surface area contributed by atoms with Crippen molar-refractivity contribution in [2.45, 2.75) is 24.6 Å². The second kappa shape index (κ2) is 8.06. The number of likely N-dealkylation sites (tertiary alicyclic amines) is 1. The van der Waals surface area contributed by atoms with Crippen LogP contribution in [0.1, 0.15) is 28.8 Å². The Balaban J connectivity index is 1.77. The van der Waals surface area contributed by atoms with E-state index in [2.05, 4.69) is 6.58 Å². The molecule has 158 valence electrons. The van der Waals surface area contributed by atoms with E-state index >= 15 is 0 Å². The maximum Gasteiger partial charge on any atom is 0.416 e. The molecule has 0 radical (unpaired) electrons. The number of hydrogen-bond donors (Lipinski definition) is 0. The summed E-state index contributed by atoms with van der Waals surface area (Å²) in [6, 6.07) is 3.02. The number of halogens is 3. The molecule has 6 nitrogen and oxygen atoms in total. The smallest absolute Gasteiger partial charge is 0.416 e. The first kappa shape index (κ1) is 21.2. The summed E-state index contributed by atoms with van der Waals surface area (Å²) in [4.78, 5) is 27.9. The number of methoxy groups -OCH3 is 1. The van der Waals surface area contributed by atoms with Gasteiger partial charge in [-0.25, -0.2) is 0 Å². The van der Waals surface area contributed by atoms with Gasteiger partial charge in [-0.2, -0.15) is 13.2 Å². The van der Waals surface area contributed by atoms with Crippen molar-refractivity contribution in [3.8, 4) is 5.75 Å². The van der Waals surface area contributed by atoms with Crippen molar-refractivity contribution in [1.82, 2.24) is 9.80 Å². The molecular formula is C20H23F3N2O4. The van der Waals surface area contributed by atoms with Crippen LogP contribution in [0.25, 0.3) is 0 Å². The fourth-order valence-corrected chi connectivity index (χ4v) is 3.77. The number of ether oxygens (including phenoxy) is 2. The molecule has 0 unspecified atom stereocenters. The van der Waals surface area contributed by atoms with Gasteiger partial charge in [-0.15, -0.1) is 0 Å². The second-order valence-corrected chi connectivity index (χ2v) is 7.24. The summed E-state index contributed by atoms with van der Waals surface area (Å²) in [5, 5.41) is 0. The number of alkyl halides is 3. The molecule has 0 aliphatic carbocycles. The van der Waals surface area contributed by atoms with Crippen LogP contribution in [-0.2, 0) is 15.7 Å². The molecule has 2 amide bonds. The number of carbonyl (C=O) groups is 2. The van der Waals surface area contributed by atoms with E-state index in [0.717, 1.165) is 12.1 Å². The van der Waals surface area contributed by atoms with Gasteiger partial charge in [0.15, 0.2) is 0 Å². The first-order valence-corrected chi connectivity index (χ1v) is 9.28. The Bertz CT molecular complexity index is 801. The van der Waals surface area contributed by atoms with Crippen LogP contribution in [0.3, 0.4) is 0 Å². The number of carbonyl (C=O) groups excluding carboxylic acids is 2. The van der Waals surface area contributed by atoms with Crippen LogP contribution >= 0.6 is 0 Å². The van der Waals surface area contributed by atoms with E-state index in [9.17, 15) is 22.8 Å². The van der Waals surface area contributed by atoms with Gasteiger partial charge in [0.25, 0.3) is 5.91 Å². The zero-order chi connectivity index (χ0) is 21.2. The lowest BCUT2D eigenvalue weighted by molar-refractivity contribution is -0.143. The SMILES string of the molecule is C=CC(=O)N1CCC2(CC1)CN(C(=O)c1cc(OC)cc(C(F)(F)F)c1)CCO2. The summed E-state index contributed by atoms with van der Waals surface area (Å²) in [7, 11) is 1.26. The van der Waals surface area contributed by atoms with Crippen LogP contribution in [0.5, 0.6) is 5.75 Å². The maximum atomic E-state index is 13.2. The minimum Gasteiger partial charge on any atom is -0.497 e. The molecule has 0 saturated carbocycles. The van der Waals surface area contributed by atoms with Crippen molar-refractivity contribution in [3.63, 3.8) is 0 Å². The predicted molar refractivity (Wildman–Crippen MR) is 98.6 cm³/mol. The molecule has 1 aromatic rings. The quantitative estimate of drug-likeness (QED) is 0.717. The number of amides is 2. The predicted octanol–water partition coefficient (Wildman–Crippen LogP) is 2.73. The van der Waals surface area contributed by atoms with Crippen LogP contribution < -0.4 is 4.74 Å². The number of piperidine rings is 1. The van der Waals surface area contributed by atoms with Gasteiger partial charge in [0.05, 0.1) is 31.4 Å². The molecule has 2 fully saturated rings. The van der Waals surface area contributed by atoms with Gasteiger partial charge in [0, 0.05) is 25.2 Å². The molecule has 2 aliphatic heterocycles. The number of nitrogens with zero attached hydrogens (tertiary/aromatic N) is 2. The Labute approximate surface area is 166 Å². The average Bonchev–Trinajstić information content (AvgIpc) is 2.72. The summed E-state index contributed by atoms with van der Waals surface area (Å²) in [6.07, 6.45) is -2.23. The second-order valence-electron chi connectivity index (χ2n) is 7.24. The van der Waals surface area contributed by atoms with Crippen LogP contribution in [0.15, 0.2) is 30.9 Å². The van der Waals surface area contributed by atoms with E-state index in [1.807, 2.05) is 0 Å². The van der Waals surface area contributed by atoms with Gasteiger partial charge in [-0.3, -0.25) is 9.59 Å². The average molecular weight is 412 g/mol.